The van der Waals surface area contributed by atoms with Crippen molar-refractivity contribution in [1.82, 2.24) is 5.32 Å². The highest BCUT2D eigenvalue weighted by molar-refractivity contribution is 7.93. The lowest BCUT2D eigenvalue weighted by molar-refractivity contribution is 0.273. The molecule has 0 saturated carbocycles. The summed E-state index contributed by atoms with van der Waals surface area (Å²) in [5.74, 6) is -0.252. The number of piperidine rings is 1. The van der Waals surface area contributed by atoms with E-state index < -0.39 is 21.4 Å². The van der Waals surface area contributed by atoms with Crippen LogP contribution in [0.2, 0.25) is 0 Å². The van der Waals surface area contributed by atoms with Crippen LogP contribution >= 0.6 is 0 Å². The molecule has 4 nitrogen and oxygen atoms in total. The van der Waals surface area contributed by atoms with Crippen molar-refractivity contribution in [2.45, 2.75) is 37.8 Å². The van der Waals surface area contributed by atoms with Crippen molar-refractivity contribution in [3.8, 4) is 0 Å². The third-order valence-electron chi connectivity index (χ3n) is 4.35. The number of nitrogens with zero attached hydrogens (tertiary/aromatic N) is 1. The van der Waals surface area contributed by atoms with E-state index in [1.54, 1.807) is 12.1 Å². The van der Waals surface area contributed by atoms with Crippen LogP contribution in [0, 0.1) is 5.82 Å². The van der Waals surface area contributed by atoms with Crippen LogP contribution in [-0.4, -0.2) is 32.3 Å². The van der Waals surface area contributed by atoms with E-state index in [0.717, 1.165) is 19.4 Å². The third kappa shape index (κ3) is 2.20. The van der Waals surface area contributed by atoms with Crippen LogP contribution < -0.4 is 9.62 Å². The highest BCUT2D eigenvalue weighted by Crippen LogP contribution is 2.43. The number of hydrogen-bond donors (Lipinski definition) is 1. The van der Waals surface area contributed by atoms with E-state index in [1.165, 1.54) is 16.4 Å². The minimum absolute atomic E-state index is 0.149. The van der Waals surface area contributed by atoms with Gasteiger partial charge in [-0.25, -0.2) is 12.8 Å². The molecule has 110 valence electrons. The molecule has 2 fully saturated rings. The number of nitrogens with one attached hydrogen (secondary N) is 1. The molecule has 2 unspecified atom stereocenters. The molecular weight excluding hydrogens is 279 g/mol. The number of halogens is 1. The van der Waals surface area contributed by atoms with Crippen LogP contribution in [0.5, 0.6) is 0 Å². The summed E-state index contributed by atoms with van der Waals surface area (Å²) in [5, 5.41) is 3.35. The fraction of sp³-hybridized carbons (Fsp3) is 0.571. The average molecular weight is 298 g/mol. The first-order valence-electron chi connectivity index (χ1n) is 6.95. The Bertz CT molecular complexity index is 619. The Morgan fingerprint density at radius 1 is 1.40 bits per heavy atom. The van der Waals surface area contributed by atoms with Crippen LogP contribution in [0.1, 0.15) is 26.2 Å². The van der Waals surface area contributed by atoms with Gasteiger partial charge in [-0.3, -0.25) is 4.31 Å². The summed E-state index contributed by atoms with van der Waals surface area (Å²) >= 11 is 0. The topological polar surface area (TPSA) is 49.4 Å². The Hall–Kier alpha value is -1.14. The number of benzene rings is 1. The number of sulfonamides is 1. The normalized spacial score (nSPS) is 32.7. The van der Waals surface area contributed by atoms with Crippen LogP contribution in [0.25, 0.3) is 0 Å². The first-order valence-corrected chi connectivity index (χ1v) is 8.56. The summed E-state index contributed by atoms with van der Waals surface area (Å²) in [6.45, 7) is 2.86. The smallest absolute Gasteiger partial charge is 0.235 e. The van der Waals surface area contributed by atoms with Crippen molar-refractivity contribution < 1.29 is 12.8 Å². The molecule has 0 amide bonds. The average Bonchev–Trinajstić information content (AvgIpc) is 2.60. The highest BCUT2D eigenvalue weighted by atomic mass is 32.2. The van der Waals surface area contributed by atoms with Crippen molar-refractivity contribution in [1.29, 1.82) is 0 Å². The maximum Gasteiger partial charge on any atom is 0.235 e. The van der Waals surface area contributed by atoms with Gasteiger partial charge in [0, 0.05) is 6.04 Å². The van der Waals surface area contributed by atoms with Gasteiger partial charge in [0.25, 0.3) is 0 Å². The molecule has 1 aromatic carbocycles. The molecule has 1 N–H and O–H groups in total. The lowest BCUT2D eigenvalue weighted by Crippen LogP contribution is -2.55. The van der Waals surface area contributed by atoms with E-state index in [2.05, 4.69) is 12.2 Å². The van der Waals surface area contributed by atoms with E-state index in [0.29, 0.717) is 12.1 Å². The fourth-order valence-electron chi connectivity index (χ4n) is 3.55. The minimum Gasteiger partial charge on any atom is -0.314 e. The zero-order chi connectivity index (χ0) is 14.4. The van der Waals surface area contributed by atoms with Gasteiger partial charge in [0.1, 0.15) is 5.82 Å². The predicted octanol–water partition coefficient (Wildman–Crippen LogP) is 1.88. The summed E-state index contributed by atoms with van der Waals surface area (Å²) in [5.41, 5.74) is 0.0636. The summed E-state index contributed by atoms with van der Waals surface area (Å²) < 4.78 is 39.8. The van der Waals surface area contributed by atoms with Crippen LogP contribution in [0.15, 0.2) is 24.3 Å². The van der Waals surface area contributed by atoms with Crippen LogP contribution in [0.4, 0.5) is 10.1 Å². The maximum atomic E-state index is 13.5. The molecular formula is C14H19FN2O2S. The molecule has 20 heavy (non-hydrogen) atoms. The Kier molecular flexibility index (Phi) is 3.25. The van der Waals surface area contributed by atoms with Gasteiger partial charge in [0.2, 0.25) is 10.0 Å². The largest absolute Gasteiger partial charge is 0.314 e. The molecule has 0 aliphatic carbocycles. The van der Waals surface area contributed by atoms with Crippen LogP contribution in [-0.2, 0) is 10.0 Å². The summed E-state index contributed by atoms with van der Waals surface area (Å²) in [7, 11) is -3.35. The van der Waals surface area contributed by atoms with Gasteiger partial charge >= 0.3 is 0 Å². The van der Waals surface area contributed by atoms with Crippen LogP contribution in [0.3, 0.4) is 0 Å². The molecule has 0 bridgehead atoms. The Balaban J connectivity index is 2.07. The molecule has 2 aliphatic heterocycles. The van der Waals surface area contributed by atoms with Gasteiger partial charge in [0.05, 0.1) is 17.0 Å². The van der Waals surface area contributed by atoms with Crippen molar-refractivity contribution in [2.75, 3.05) is 16.6 Å². The Labute approximate surface area is 119 Å². The van der Waals surface area contributed by atoms with Gasteiger partial charge in [-0.2, -0.15) is 0 Å². The molecule has 2 atom stereocenters. The second kappa shape index (κ2) is 4.70. The molecule has 0 radical (unpaired) electrons. The van der Waals surface area contributed by atoms with E-state index >= 15 is 0 Å². The number of rotatable bonds is 1. The van der Waals surface area contributed by atoms with Gasteiger partial charge in [-0.15, -0.1) is 0 Å². The van der Waals surface area contributed by atoms with E-state index in [1.807, 2.05) is 0 Å². The second-order valence-electron chi connectivity index (χ2n) is 5.84. The molecule has 3 rings (SSSR count). The molecule has 1 aromatic rings. The van der Waals surface area contributed by atoms with Crippen molar-refractivity contribution in [3.05, 3.63) is 30.1 Å². The molecule has 1 spiro atoms. The van der Waals surface area contributed by atoms with Gasteiger partial charge in [0.15, 0.2) is 0 Å². The first-order chi connectivity index (χ1) is 9.43. The lowest BCUT2D eigenvalue weighted by Gasteiger charge is -2.43. The summed E-state index contributed by atoms with van der Waals surface area (Å²) in [6.07, 6.45) is 2.16. The first kappa shape index (κ1) is 13.8. The van der Waals surface area contributed by atoms with Gasteiger partial charge in [-0.05, 0) is 50.9 Å². The quantitative estimate of drug-likeness (QED) is 0.861. The standard InChI is InChI=1S/C14H19FN2O2S/c1-11-10-14(5-7-16-11)6-8-20(18,19)17(14)13-4-2-3-12(15)9-13/h2-4,9,11,16H,5-8,10H2,1H3. The second-order valence-corrected chi connectivity index (χ2v) is 7.78. The lowest BCUT2D eigenvalue weighted by atomic mass is 9.82. The predicted molar refractivity (Wildman–Crippen MR) is 76.7 cm³/mol. The molecule has 2 heterocycles. The SMILES string of the molecule is CC1CC2(CCN1)CCS(=O)(=O)N2c1cccc(F)c1. The van der Waals surface area contributed by atoms with Gasteiger partial charge in [-0.1, -0.05) is 6.07 Å². The van der Waals surface area contributed by atoms with E-state index in [-0.39, 0.29) is 11.8 Å². The van der Waals surface area contributed by atoms with E-state index in [4.69, 9.17) is 0 Å². The Morgan fingerprint density at radius 3 is 2.90 bits per heavy atom. The summed E-state index contributed by atoms with van der Waals surface area (Å²) in [4.78, 5) is 0. The highest BCUT2D eigenvalue weighted by Gasteiger charge is 2.51. The third-order valence-corrected chi connectivity index (χ3v) is 6.22. The van der Waals surface area contributed by atoms with E-state index in [9.17, 15) is 12.8 Å². The molecule has 0 aromatic heterocycles. The van der Waals surface area contributed by atoms with Crippen molar-refractivity contribution >= 4 is 15.7 Å². The van der Waals surface area contributed by atoms with Crippen molar-refractivity contribution in [3.63, 3.8) is 0 Å². The maximum absolute atomic E-state index is 13.5. The van der Waals surface area contributed by atoms with Gasteiger partial charge < -0.3 is 5.32 Å². The Morgan fingerprint density at radius 2 is 2.20 bits per heavy atom. The molecule has 2 aliphatic rings. The molecule has 6 heteroatoms. The minimum atomic E-state index is -3.35. The fourth-order valence-corrected chi connectivity index (χ4v) is 5.65. The summed E-state index contributed by atoms with van der Waals surface area (Å²) in [6, 6.07) is 6.17. The zero-order valence-electron chi connectivity index (χ0n) is 11.5. The zero-order valence-corrected chi connectivity index (χ0v) is 12.3. The number of hydrogen-bond acceptors (Lipinski definition) is 3. The molecule has 2 saturated heterocycles. The van der Waals surface area contributed by atoms with Crippen molar-refractivity contribution in [2.24, 2.45) is 0 Å². The monoisotopic (exact) mass is 298 g/mol. The number of anilines is 1.